The fourth-order valence-corrected chi connectivity index (χ4v) is 4.50. The van der Waals surface area contributed by atoms with Gasteiger partial charge in [-0.3, -0.25) is 9.59 Å². The zero-order valence-corrected chi connectivity index (χ0v) is 24.5. The molecule has 6 heteroatoms. The van der Waals surface area contributed by atoms with Gasteiger partial charge in [0.1, 0.15) is 5.82 Å². The highest BCUT2D eigenvalue weighted by molar-refractivity contribution is 5.76. The van der Waals surface area contributed by atoms with Gasteiger partial charge in [0.2, 0.25) is 6.41 Å². The number of carbonyl (C=O) groups excluding carboxylic acids is 2. The van der Waals surface area contributed by atoms with Gasteiger partial charge in [-0.15, -0.1) is 0 Å². The molecule has 0 N–H and O–H groups in total. The van der Waals surface area contributed by atoms with Gasteiger partial charge in [-0.05, 0) is 65.4 Å². The Labute approximate surface area is 239 Å². The molecule has 0 bridgehead atoms. The van der Waals surface area contributed by atoms with Crippen LogP contribution >= 0.6 is 0 Å². The first-order valence-electron chi connectivity index (χ1n) is 13.8. The van der Waals surface area contributed by atoms with Crippen molar-refractivity contribution >= 4 is 30.3 Å². The van der Waals surface area contributed by atoms with Crippen molar-refractivity contribution in [3.05, 3.63) is 89.8 Å². The minimum absolute atomic E-state index is 0.362. The van der Waals surface area contributed by atoms with Crippen LogP contribution in [-0.4, -0.2) is 34.1 Å². The number of ether oxygens (including phenoxy) is 1. The fourth-order valence-electron chi connectivity index (χ4n) is 4.50. The average Bonchev–Trinajstić information content (AvgIpc) is 2.97. The molecular weight excluding hydrogens is 503 g/mol. The lowest BCUT2D eigenvalue weighted by Crippen LogP contribution is -2.20. The van der Waals surface area contributed by atoms with Crippen LogP contribution in [0, 0.1) is 11.7 Å². The molecule has 3 aromatic rings. The van der Waals surface area contributed by atoms with Crippen molar-refractivity contribution in [3.63, 3.8) is 0 Å². The molecule has 1 amide bonds. The summed E-state index contributed by atoms with van der Waals surface area (Å²) in [4.78, 5) is 24.2. The summed E-state index contributed by atoms with van der Waals surface area (Å²) in [5, 5.41) is 0. The van der Waals surface area contributed by atoms with Crippen LogP contribution in [0.25, 0.3) is 17.2 Å². The molecule has 0 aromatic heterocycles. The average molecular weight is 547 g/mol. The number of rotatable bonds is 8. The van der Waals surface area contributed by atoms with Gasteiger partial charge in [0.15, 0.2) is 0 Å². The molecule has 0 aliphatic heterocycles. The number of hydrogen-bond acceptors (Lipinski definition) is 4. The SMILES string of the molecule is C/C=C/c1cc(F)cc(N(C=O)Cc2ccc(-c3ccc(N(C)C)cc3)cc2)c1.CC1CCCCC1.COC=O. The summed E-state index contributed by atoms with van der Waals surface area (Å²) in [7, 11) is 5.35. The second kappa shape index (κ2) is 17.6. The smallest absolute Gasteiger partial charge is 0.292 e. The van der Waals surface area contributed by atoms with Gasteiger partial charge in [0.25, 0.3) is 6.47 Å². The Balaban J connectivity index is 0.000000426. The van der Waals surface area contributed by atoms with E-state index in [0.717, 1.165) is 40.3 Å². The van der Waals surface area contributed by atoms with Gasteiger partial charge in [-0.2, -0.15) is 0 Å². The third-order valence-corrected chi connectivity index (χ3v) is 6.74. The van der Waals surface area contributed by atoms with Crippen molar-refractivity contribution < 1.29 is 18.7 Å². The maximum absolute atomic E-state index is 13.9. The number of halogens is 1. The quantitative estimate of drug-likeness (QED) is 0.268. The molecule has 4 rings (SSSR count). The number of amides is 1. The third-order valence-electron chi connectivity index (χ3n) is 6.74. The highest BCUT2D eigenvalue weighted by Gasteiger charge is 2.10. The van der Waals surface area contributed by atoms with Crippen LogP contribution in [0.1, 0.15) is 57.1 Å². The maximum Gasteiger partial charge on any atom is 0.292 e. The summed E-state index contributed by atoms with van der Waals surface area (Å²) in [5.74, 6) is 0.674. The largest absolute Gasteiger partial charge is 0.471 e. The molecule has 0 saturated heterocycles. The topological polar surface area (TPSA) is 49.9 Å². The Morgan fingerprint density at radius 1 is 0.875 bits per heavy atom. The van der Waals surface area contributed by atoms with Gasteiger partial charge >= 0.3 is 0 Å². The Bertz CT molecular complexity index is 1180. The molecule has 1 aliphatic rings. The van der Waals surface area contributed by atoms with Gasteiger partial charge in [-0.25, -0.2) is 4.39 Å². The van der Waals surface area contributed by atoms with E-state index in [4.69, 9.17) is 4.79 Å². The Hall–Kier alpha value is -3.93. The lowest BCUT2D eigenvalue weighted by molar-refractivity contribution is -0.126. The van der Waals surface area contributed by atoms with E-state index in [2.05, 4.69) is 40.8 Å². The Kier molecular flexibility index (Phi) is 14.2. The lowest BCUT2D eigenvalue weighted by atomic mass is 9.91. The van der Waals surface area contributed by atoms with Crippen molar-refractivity contribution in [2.24, 2.45) is 5.92 Å². The second-order valence-corrected chi connectivity index (χ2v) is 10.2. The maximum atomic E-state index is 13.9. The van der Waals surface area contributed by atoms with Gasteiger partial charge < -0.3 is 14.5 Å². The van der Waals surface area contributed by atoms with Gasteiger partial charge in [0.05, 0.1) is 13.7 Å². The van der Waals surface area contributed by atoms with Gasteiger partial charge in [-0.1, -0.05) is 87.6 Å². The van der Waals surface area contributed by atoms with E-state index in [1.165, 1.54) is 56.2 Å². The normalized spacial score (nSPS) is 12.8. The van der Waals surface area contributed by atoms with E-state index in [1.54, 1.807) is 6.07 Å². The summed E-state index contributed by atoms with van der Waals surface area (Å²) in [6.07, 6.45) is 11.8. The molecule has 40 heavy (non-hydrogen) atoms. The van der Waals surface area contributed by atoms with Crippen molar-refractivity contribution in [1.82, 2.24) is 0 Å². The van der Waals surface area contributed by atoms with Crippen LogP contribution < -0.4 is 9.80 Å². The molecule has 3 aromatic carbocycles. The molecule has 0 atom stereocenters. The van der Waals surface area contributed by atoms with Crippen molar-refractivity contribution in [2.45, 2.75) is 52.5 Å². The molecule has 1 aliphatic carbocycles. The molecule has 0 spiro atoms. The van der Waals surface area contributed by atoms with Crippen LogP contribution in [0.3, 0.4) is 0 Å². The first-order chi connectivity index (χ1) is 19.3. The van der Waals surface area contributed by atoms with E-state index >= 15 is 0 Å². The van der Waals surface area contributed by atoms with Crippen LogP contribution in [-0.2, 0) is 20.9 Å². The van der Waals surface area contributed by atoms with Crippen LogP contribution in [0.5, 0.6) is 0 Å². The first-order valence-corrected chi connectivity index (χ1v) is 13.8. The third kappa shape index (κ3) is 11.0. The van der Waals surface area contributed by atoms with Crippen LogP contribution in [0.15, 0.2) is 72.8 Å². The first kappa shape index (κ1) is 32.3. The molecule has 5 nitrogen and oxygen atoms in total. The zero-order valence-electron chi connectivity index (χ0n) is 24.5. The van der Waals surface area contributed by atoms with E-state index in [-0.39, 0.29) is 5.82 Å². The molecular formula is C34H43FN2O3. The number of nitrogens with zero attached hydrogens (tertiary/aromatic N) is 2. The fraction of sp³-hybridized carbons (Fsp3) is 0.353. The standard InChI is InChI=1S/C25H25FN2O.C7H14.C2H4O2/c1-4-5-20-14-23(26)16-25(15-20)28(18-29)17-19-6-8-21(9-7-19)22-10-12-24(13-11-22)27(2)3;1-7-5-3-2-4-6-7;1-4-2-3/h4-16,18H,17H2,1-3H3;7H,2-6H2,1H3;2H,1H3/b5-4+;;. The number of hydrogen-bond donors (Lipinski definition) is 0. The molecule has 0 radical (unpaired) electrons. The molecule has 0 unspecified atom stereocenters. The molecule has 214 valence electrons. The van der Waals surface area contributed by atoms with Crippen LogP contribution in [0.2, 0.25) is 0 Å². The minimum Gasteiger partial charge on any atom is -0.471 e. The predicted molar refractivity (Wildman–Crippen MR) is 165 cm³/mol. The number of methoxy groups -OCH3 is 1. The number of anilines is 2. The molecule has 1 fully saturated rings. The molecule has 1 saturated carbocycles. The minimum atomic E-state index is -0.362. The summed E-state index contributed by atoms with van der Waals surface area (Å²) in [5.41, 5.74) is 5.64. The van der Waals surface area contributed by atoms with Crippen molar-refractivity contribution in [1.29, 1.82) is 0 Å². The van der Waals surface area contributed by atoms with E-state index in [9.17, 15) is 9.18 Å². The number of allylic oxidation sites excluding steroid dienone is 1. The zero-order chi connectivity index (χ0) is 29.3. The number of carbonyl (C=O) groups is 2. The highest BCUT2D eigenvalue weighted by atomic mass is 19.1. The second-order valence-electron chi connectivity index (χ2n) is 10.2. The summed E-state index contributed by atoms with van der Waals surface area (Å²) in [6.45, 7) is 4.99. The lowest BCUT2D eigenvalue weighted by Gasteiger charge is -2.18. The van der Waals surface area contributed by atoms with E-state index in [0.29, 0.717) is 18.7 Å². The summed E-state index contributed by atoms with van der Waals surface area (Å²) in [6, 6.07) is 21.1. The van der Waals surface area contributed by atoms with E-state index < -0.39 is 0 Å². The Morgan fingerprint density at radius 3 is 1.90 bits per heavy atom. The van der Waals surface area contributed by atoms with Crippen molar-refractivity contribution in [3.8, 4) is 11.1 Å². The predicted octanol–water partition coefficient (Wildman–Crippen LogP) is 8.13. The number of benzene rings is 3. The van der Waals surface area contributed by atoms with E-state index in [1.807, 2.05) is 57.4 Å². The summed E-state index contributed by atoms with van der Waals surface area (Å²) < 4.78 is 17.8. The Morgan fingerprint density at radius 2 is 1.45 bits per heavy atom. The molecule has 0 heterocycles. The highest BCUT2D eigenvalue weighted by Crippen LogP contribution is 2.25. The van der Waals surface area contributed by atoms with Crippen molar-refractivity contribution in [2.75, 3.05) is 31.0 Å². The monoisotopic (exact) mass is 546 g/mol. The van der Waals surface area contributed by atoms with Gasteiger partial charge in [0, 0.05) is 25.5 Å². The summed E-state index contributed by atoms with van der Waals surface area (Å²) >= 11 is 0. The van der Waals surface area contributed by atoms with Crippen LogP contribution in [0.4, 0.5) is 15.8 Å².